The van der Waals surface area contributed by atoms with E-state index in [0.29, 0.717) is 29.0 Å². The molecule has 1 fully saturated rings. The lowest BCUT2D eigenvalue weighted by Crippen LogP contribution is -1.97. The molecule has 1 aromatic carbocycles. The molecule has 0 bridgehead atoms. The molecule has 2 aliphatic rings. The van der Waals surface area contributed by atoms with Crippen molar-refractivity contribution in [3.63, 3.8) is 0 Å². The zero-order valence-electron chi connectivity index (χ0n) is 16.0. The molecule has 30 heavy (non-hydrogen) atoms. The van der Waals surface area contributed by atoms with Crippen molar-refractivity contribution in [3.05, 3.63) is 48.5 Å². The lowest BCUT2D eigenvalue weighted by Gasteiger charge is -2.08. The average molecular weight is 395 g/mol. The molecule has 3 N–H and O–H groups in total. The first-order valence-corrected chi connectivity index (χ1v) is 9.78. The fourth-order valence-electron chi connectivity index (χ4n) is 3.59. The van der Waals surface area contributed by atoms with Crippen LogP contribution >= 0.6 is 0 Å². The Morgan fingerprint density at radius 3 is 2.83 bits per heavy atom. The summed E-state index contributed by atoms with van der Waals surface area (Å²) in [7, 11) is 0. The van der Waals surface area contributed by atoms with Gasteiger partial charge < -0.3 is 20.2 Å². The van der Waals surface area contributed by atoms with Gasteiger partial charge >= 0.3 is 0 Å². The fraction of sp³-hybridized carbons (Fsp3) is 0.174. The van der Waals surface area contributed by atoms with Gasteiger partial charge in [0.2, 0.25) is 12.6 Å². The van der Waals surface area contributed by atoms with Crippen LogP contribution in [0.15, 0.2) is 42.7 Å². The maximum Gasteiger partial charge on any atom is 0.231 e. The van der Waals surface area contributed by atoms with E-state index < -0.39 is 0 Å². The molecule has 0 amide bonds. The van der Waals surface area contributed by atoms with E-state index in [9.17, 15) is 0 Å². The van der Waals surface area contributed by atoms with Gasteiger partial charge in [-0.3, -0.25) is 0 Å². The molecule has 7 heteroatoms. The van der Waals surface area contributed by atoms with Gasteiger partial charge in [0.05, 0.1) is 11.1 Å². The standard InChI is InChI=1S/C23H17N5O2/c24-22-15(2-1-9-25-22)16-11-26-23-20(16)21(27-19(28-23)8-5-13-3-4-13)14-6-7-17-18(10-14)30-12-29-17/h1-2,6-7,9-11,13H,3-4,12H2,(H2,24,25)(H,26,27,28). The third-order valence-electron chi connectivity index (χ3n) is 5.27. The number of aromatic nitrogens is 4. The van der Waals surface area contributed by atoms with E-state index in [0.717, 1.165) is 46.4 Å². The predicted molar refractivity (Wildman–Crippen MR) is 113 cm³/mol. The number of nitrogens with one attached hydrogen (secondary N) is 1. The van der Waals surface area contributed by atoms with Crippen molar-refractivity contribution < 1.29 is 9.47 Å². The van der Waals surface area contributed by atoms with Gasteiger partial charge in [-0.1, -0.05) is 5.92 Å². The predicted octanol–water partition coefficient (Wildman–Crippen LogP) is 3.76. The van der Waals surface area contributed by atoms with E-state index in [1.807, 2.05) is 36.5 Å². The lowest BCUT2D eigenvalue weighted by molar-refractivity contribution is 0.174. The summed E-state index contributed by atoms with van der Waals surface area (Å²) in [6.07, 6.45) is 5.87. The van der Waals surface area contributed by atoms with Crippen molar-refractivity contribution in [1.82, 2.24) is 19.9 Å². The van der Waals surface area contributed by atoms with E-state index >= 15 is 0 Å². The van der Waals surface area contributed by atoms with Crippen LogP contribution < -0.4 is 15.2 Å². The molecular weight excluding hydrogens is 378 g/mol. The minimum atomic E-state index is 0.220. The van der Waals surface area contributed by atoms with Gasteiger partial charge in [0.15, 0.2) is 11.5 Å². The van der Waals surface area contributed by atoms with Crippen LogP contribution in [0.2, 0.25) is 0 Å². The number of pyridine rings is 1. The molecular formula is C23H17N5O2. The van der Waals surface area contributed by atoms with Crippen LogP contribution in [0.1, 0.15) is 18.7 Å². The van der Waals surface area contributed by atoms with Crippen molar-refractivity contribution in [2.75, 3.05) is 12.5 Å². The van der Waals surface area contributed by atoms with Crippen LogP contribution in [-0.2, 0) is 0 Å². The minimum Gasteiger partial charge on any atom is -0.454 e. The monoisotopic (exact) mass is 395 g/mol. The number of H-pyrrole nitrogens is 1. The molecule has 4 heterocycles. The highest BCUT2D eigenvalue weighted by molar-refractivity contribution is 6.04. The number of aromatic amines is 1. The molecule has 6 rings (SSSR count). The molecule has 7 nitrogen and oxygen atoms in total. The molecule has 146 valence electrons. The number of rotatable bonds is 2. The van der Waals surface area contributed by atoms with Crippen LogP contribution in [0.3, 0.4) is 0 Å². The average Bonchev–Trinajstić information content (AvgIpc) is 3.31. The molecule has 0 spiro atoms. The smallest absolute Gasteiger partial charge is 0.231 e. The molecule has 3 aromatic heterocycles. The maximum absolute atomic E-state index is 6.16. The van der Waals surface area contributed by atoms with E-state index in [1.54, 1.807) is 6.20 Å². The van der Waals surface area contributed by atoms with E-state index in [-0.39, 0.29) is 6.79 Å². The van der Waals surface area contributed by atoms with Crippen LogP contribution in [0, 0.1) is 17.8 Å². The van der Waals surface area contributed by atoms with Crippen molar-refractivity contribution in [1.29, 1.82) is 0 Å². The molecule has 1 aliphatic carbocycles. The lowest BCUT2D eigenvalue weighted by atomic mass is 10.0. The highest BCUT2D eigenvalue weighted by Crippen LogP contribution is 2.40. The quantitative estimate of drug-likeness (QED) is 0.502. The van der Waals surface area contributed by atoms with Gasteiger partial charge in [-0.25, -0.2) is 15.0 Å². The van der Waals surface area contributed by atoms with Crippen LogP contribution in [-0.4, -0.2) is 26.7 Å². The third kappa shape index (κ3) is 2.81. The Balaban J connectivity index is 1.60. The van der Waals surface area contributed by atoms with Crippen molar-refractivity contribution >= 4 is 16.9 Å². The van der Waals surface area contributed by atoms with Crippen LogP contribution in [0.25, 0.3) is 33.4 Å². The topological polar surface area (TPSA) is 98.9 Å². The van der Waals surface area contributed by atoms with E-state index in [2.05, 4.69) is 26.8 Å². The highest BCUT2D eigenvalue weighted by Gasteiger charge is 2.21. The van der Waals surface area contributed by atoms with Gasteiger partial charge in [0, 0.05) is 35.0 Å². The molecule has 4 aromatic rings. The molecule has 0 atom stereocenters. The molecule has 1 saturated carbocycles. The summed E-state index contributed by atoms with van der Waals surface area (Å²) in [5, 5.41) is 0.866. The second-order valence-electron chi connectivity index (χ2n) is 7.37. The second kappa shape index (κ2) is 6.49. The largest absolute Gasteiger partial charge is 0.454 e. The summed E-state index contributed by atoms with van der Waals surface area (Å²) in [4.78, 5) is 17.0. The molecule has 0 unspecified atom stereocenters. The number of benzene rings is 1. The van der Waals surface area contributed by atoms with Crippen molar-refractivity contribution in [2.45, 2.75) is 12.8 Å². The summed E-state index contributed by atoms with van der Waals surface area (Å²) < 4.78 is 11.0. The zero-order chi connectivity index (χ0) is 20.1. The molecule has 1 aliphatic heterocycles. The Bertz CT molecular complexity index is 1360. The maximum atomic E-state index is 6.16. The first kappa shape index (κ1) is 16.9. The molecule has 0 radical (unpaired) electrons. The zero-order valence-corrected chi connectivity index (χ0v) is 16.0. The number of ether oxygens (including phenoxy) is 2. The first-order valence-electron chi connectivity index (χ1n) is 9.78. The van der Waals surface area contributed by atoms with Crippen LogP contribution in [0.4, 0.5) is 5.82 Å². The van der Waals surface area contributed by atoms with Crippen LogP contribution in [0.5, 0.6) is 11.5 Å². The van der Waals surface area contributed by atoms with Gasteiger partial charge in [-0.05, 0) is 49.1 Å². The SMILES string of the molecule is Nc1ncccc1-c1c[nH]c2nc(C#CC3CC3)nc(-c3ccc4c(c3)OCO4)c12. The minimum absolute atomic E-state index is 0.220. The van der Waals surface area contributed by atoms with Crippen molar-refractivity contribution in [2.24, 2.45) is 5.92 Å². The number of fused-ring (bicyclic) bond motifs is 2. The summed E-state index contributed by atoms with van der Waals surface area (Å²) in [5.41, 5.74) is 10.2. The third-order valence-corrected chi connectivity index (χ3v) is 5.27. The fourth-order valence-corrected chi connectivity index (χ4v) is 3.59. The number of nitrogens with two attached hydrogens (primary N) is 1. The highest BCUT2D eigenvalue weighted by atomic mass is 16.7. The number of hydrogen-bond donors (Lipinski definition) is 2. The molecule has 0 saturated heterocycles. The van der Waals surface area contributed by atoms with Gasteiger partial charge in [0.1, 0.15) is 11.5 Å². The first-order chi connectivity index (χ1) is 14.8. The van der Waals surface area contributed by atoms with Gasteiger partial charge in [-0.2, -0.15) is 0 Å². The van der Waals surface area contributed by atoms with E-state index in [4.69, 9.17) is 20.2 Å². The Morgan fingerprint density at radius 1 is 1.07 bits per heavy atom. The van der Waals surface area contributed by atoms with E-state index in [1.165, 1.54) is 0 Å². The number of nitrogens with zero attached hydrogens (tertiary/aromatic N) is 3. The number of anilines is 1. The Kier molecular flexibility index (Phi) is 3.65. The second-order valence-corrected chi connectivity index (χ2v) is 7.37. The number of hydrogen-bond acceptors (Lipinski definition) is 6. The Labute approximate surface area is 172 Å². The summed E-state index contributed by atoms with van der Waals surface area (Å²) >= 11 is 0. The van der Waals surface area contributed by atoms with Gasteiger partial charge in [-0.15, -0.1) is 0 Å². The summed E-state index contributed by atoms with van der Waals surface area (Å²) in [5.74, 6) is 9.21. The number of nitrogen functional groups attached to an aromatic ring is 1. The summed E-state index contributed by atoms with van der Waals surface area (Å²) in [6.45, 7) is 0.220. The van der Waals surface area contributed by atoms with Gasteiger partial charge in [0.25, 0.3) is 0 Å². The summed E-state index contributed by atoms with van der Waals surface area (Å²) in [6, 6.07) is 9.60. The normalized spacial score (nSPS) is 14.5. The van der Waals surface area contributed by atoms with Crippen molar-refractivity contribution in [3.8, 4) is 45.7 Å². The Morgan fingerprint density at radius 2 is 1.97 bits per heavy atom. The Hall–Kier alpha value is -4.05.